The fourth-order valence-corrected chi connectivity index (χ4v) is 7.97. The standard InChI is InChI=1S/C10H15I5O4/c1-3-6(2)7-9(4-11,19-15)8(18-14)10(12,17-7)5-16-13/h6-8H,3-5H2,1-2H3/t6?,7-,8-,9-,10+/m0/s1. The number of halogens is 5. The highest BCUT2D eigenvalue weighted by molar-refractivity contribution is 14.1. The van der Waals surface area contributed by atoms with Crippen molar-refractivity contribution < 1.29 is 13.9 Å². The molecule has 0 N–H and O–H groups in total. The van der Waals surface area contributed by atoms with Gasteiger partial charge >= 0.3 is 0 Å². The number of hydrogen-bond acceptors (Lipinski definition) is 4. The third-order valence-corrected chi connectivity index (χ3v) is 7.46. The minimum Gasteiger partial charge on any atom is -0.353 e. The van der Waals surface area contributed by atoms with Crippen molar-refractivity contribution >= 4 is 114 Å². The molecule has 19 heavy (non-hydrogen) atoms. The van der Waals surface area contributed by atoms with E-state index in [0.717, 1.165) is 10.8 Å². The molecule has 1 unspecified atom stereocenters. The molecule has 1 aliphatic rings. The van der Waals surface area contributed by atoms with Crippen LogP contribution >= 0.6 is 114 Å². The van der Waals surface area contributed by atoms with Crippen molar-refractivity contribution in [3.05, 3.63) is 0 Å². The molecule has 1 aliphatic heterocycles. The summed E-state index contributed by atoms with van der Waals surface area (Å²) >= 11 is 10.5. The summed E-state index contributed by atoms with van der Waals surface area (Å²) in [7, 11) is 0. The normalized spacial score (nSPS) is 40.6. The molecule has 0 aromatic rings. The van der Waals surface area contributed by atoms with Crippen LogP contribution in [0.2, 0.25) is 0 Å². The van der Waals surface area contributed by atoms with Crippen LogP contribution in [0.25, 0.3) is 0 Å². The molecule has 0 amide bonds. The molecule has 1 rings (SSSR count). The van der Waals surface area contributed by atoms with Crippen LogP contribution in [0.5, 0.6) is 0 Å². The van der Waals surface area contributed by atoms with Crippen molar-refractivity contribution in [1.82, 2.24) is 0 Å². The first-order valence-corrected chi connectivity index (χ1v) is 10.9. The zero-order valence-corrected chi connectivity index (χ0v) is 21.2. The van der Waals surface area contributed by atoms with E-state index in [1.54, 1.807) is 0 Å². The van der Waals surface area contributed by atoms with Crippen LogP contribution in [0.1, 0.15) is 20.3 Å². The molecule has 5 atom stereocenters. The van der Waals surface area contributed by atoms with Gasteiger partial charge in [-0.25, -0.2) is 0 Å². The highest BCUT2D eigenvalue weighted by Crippen LogP contribution is 2.52. The molecule has 9 heteroatoms. The Morgan fingerprint density at radius 1 is 1.32 bits per heavy atom. The average Bonchev–Trinajstić information content (AvgIpc) is 2.67. The Morgan fingerprint density at radius 2 is 1.95 bits per heavy atom. The molecule has 0 aromatic carbocycles. The van der Waals surface area contributed by atoms with Gasteiger partial charge in [0.25, 0.3) is 0 Å². The van der Waals surface area contributed by atoms with Gasteiger partial charge in [-0.05, 0) is 28.5 Å². The average molecular weight is 834 g/mol. The summed E-state index contributed by atoms with van der Waals surface area (Å²) in [6.45, 7) is 4.83. The van der Waals surface area contributed by atoms with Crippen LogP contribution in [-0.4, -0.2) is 32.5 Å². The SMILES string of the molecule is CCC(C)[C@@H]1O[C@](I)(COI)[C@@H](OI)[C@@]1(CI)OI. The number of hydrogen-bond donors (Lipinski definition) is 0. The van der Waals surface area contributed by atoms with Crippen molar-refractivity contribution in [2.24, 2.45) is 5.92 Å². The van der Waals surface area contributed by atoms with E-state index in [0.29, 0.717) is 12.5 Å². The molecule has 1 saturated heterocycles. The largest absolute Gasteiger partial charge is 0.353 e. The van der Waals surface area contributed by atoms with Gasteiger partial charge in [0.2, 0.25) is 0 Å². The first-order chi connectivity index (χ1) is 8.95. The van der Waals surface area contributed by atoms with Gasteiger partial charge in [0, 0.05) is 4.43 Å². The highest BCUT2D eigenvalue weighted by atomic mass is 127. The predicted octanol–water partition coefficient (Wildman–Crippen LogP) is 5.20. The molecule has 0 radical (unpaired) electrons. The van der Waals surface area contributed by atoms with Crippen molar-refractivity contribution in [2.45, 2.75) is 41.7 Å². The summed E-state index contributed by atoms with van der Waals surface area (Å²) in [5.74, 6) is 0.393. The van der Waals surface area contributed by atoms with E-state index in [4.69, 9.17) is 13.9 Å². The van der Waals surface area contributed by atoms with Gasteiger partial charge in [0.15, 0.2) is 3.61 Å². The number of alkyl halides is 2. The Bertz CT molecular complexity index is 291. The smallest absolute Gasteiger partial charge is 0.173 e. The Hall–Kier alpha value is 3.49. The van der Waals surface area contributed by atoms with E-state index in [1.807, 2.05) is 69.0 Å². The topological polar surface area (TPSA) is 36.9 Å². The Kier molecular flexibility index (Phi) is 9.83. The van der Waals surface area contributed by atoms with E-state index < -0.39 is 9.21 Å². The third kappa shape index (κ3) is 4.12. The third-order valence-electron chi connectivity index (χ3n) is 3.49. The molecule has 1 fully saturated rings. The molecule has 0 spiro atoms. The van der Waals surface area contributed by atoms with Gasteiger partial charge in [-0.15, -0.1) is 0 Å². The van der Waals surface area contributed by atoms with Crippen LogP contribution < -0.4 is 0 Å². The van der Waals surface area contributed by atoms with Gasteiger partial charge in [-0.1, -0.05) is 42.9 Å². The van der Waals surface area contributed by atoms with E-state index in [1.165, 1.54) is 0 Å². The molecular weight excluding hydrogens is 819 g/mol. The van der Waals surface area contributed by atoms with Crippen molar-refractivity contribution in [2.75, 3.05) is 11.0 Å². The maximum Gasteiger partial charge on any atom is 0.173 e. The summed E-state index contributed by atoms with van der Waals surface area (Å²) in [4.78, 5) is 0. The fraction of sp³-hybridized carbons (Fsp3) is 1.00. The predicted molar refractivity (Wildman–Crippen MR) is 117 cm³/mol. The molecule has 0 aromatic heterocycles. The second-order valence-electron chi connectivity index (χ2n) is 4.60. The summed E-state index contributed by atoms with van der Waals surface area (Å²) in [6.07, 6.45) is 0.854. The van der Waals surface area contributed by atoms with E-state index in [-0.39, 0.29) is 12.2 Å². The summed E-state index contributed by atoms with van der Waals surface area (Å²) < 4.78 is 23.5. The Balaban J connectivity index is 3.19. The molecule has 0 saturated carbocycles. The van der Waals surface area contributed by atoms with E-state index in [9.17, 15) is 0 Å². The Morgan fingerprint density at radius 3 is 2.32 bits per heavy atom. The van der Waals surface area contributed by atoms with Gasteiger partial charge < -0.3 is 13.9 Å². The molecule has 4 nitrogen and oxygen atoms in total. The van der Waals surface area contributed by atoms with Crippen molar-refractivity contribution in [3.63, 3.8) is 0 Å². The van der Waals surface area contributed by atoms with Crippen molar-refractivity contribution in [1.29, 1.82) is 0 Å². The molecule has 1 heterocycles. The zero-order chi connectivity index (χ0) is 14.7. The first kappa shape index (κ1) is 20.5. The van der Waals surface area contributed by atoms with Crippen LogP contribution in [0.4, 0.5) is 0 Å². The van der Waals surface area contributed by atoms with Crippen molar-refractivity contribution in [3.8, 4) is 0 Å². The van der Waals surface area contributed by atoms with E-state index in [2.05, 4.69) is 59.0 Å². The lowest BCUT2D eigenvalue weighted by molar-refractivity contribution is -0.0477. The van der Waals surface area contributed by atoms with E-state index >= 15 is 0 Å². The fourth-order valence-electron chi connectivity index (χ4n) is 2.28. The molecule has 114 valence electrons. The van der Waals surface area contributed by atoms with Crippen LogP contribution in [-0.2, 0) is 13.9 Å². The summed E-state index contributed by atoms with van der Waals surface area (Å²) in [5, 5.41) is 0. The quantitative estimate of drug-likeness (QED) is 0.261. The number of rotatable bonds is 7. The minimum absolute atomic E-state index is 0.00508. The minimum atomic E-state index is -0.523. The second kappa shape index (κ2) is 9.10. The monoisotopic (exact) mass is 834 g/mol. The first-order valence-electron chi connectivity index (χ1n) is 5.69. The lowest BCUT2D eigenvalue weighted by Gasteiger charge is -2.36. The van der Waals surface area contributed by atoms with Gasteiger partial charge in [0.05, 0.1) is 6.10 Å². The second-order valence-corrected chi connectivity index (χ2v) is 8.76. The molecular formula is C10H15I5O4. The van der Waals surface area contributed by atoms with Gasteiger partial charge in [-0.3, -0.25) is 0 Å². The van der Waals surface area contributed by atoms with Gasteiger partial charge in [0.1, 0.15) is 87.3 Å². The number of ether oxygens (including phenoxy) is 1. The summed E-state index contributed by atoms with van der Waals surface area (Å²) in [6, 6.07) is 0. The molecule has 0 bridgehead atoms. The lowest BCUT2D eigenvalue weighted by atomic mass is 9.85. The van der Waals surface area contributed by atoms with Crippen LogP contribution in [0, 0.1) is 5.92 Å². The maximum absolute atomic E-state index is 6.34. The van der Waals surface area contributed by atoms with Gasteiger partial charge in [-0.2, -0.15) is 0 Å². The lowest BCUT2D eigenvalue weighted by Crippen LogP contribution is -2.54. The Labute approximate surface area is 183 Å². The zero-order valence-electron chi connectivity index (χ0n) is 10.4. The molecule has 0 aliphatic carbocycles. The summed E-state index contributed by atoms with van der Waals surface area (Å²) in [5.41, 5.74) is -0.450. The highest BCUT2D eigenvalue weighted by Gasteiger charge is 2.65. The van der Waals surface area contributed by atoms with Crippen LogP contribution in [0.15, 0.2) is 0 Å². The maximum atomic E-state index is 6.34. The van der Waals surface area contributed by atoms with Crippen LogP contribution in [0.3, 0.4) is 0 Å².